The minimum Gasteiger partial charge on any atom is -0.444 e. The first kappa shape index (κ1) is 15.0. The molecule has 0 aliphatic carbocycles. The summed E-state index contributed by atoms with van der Waals surface area (Å²) in [6.07, 6.45) is 2.83. The minimum absolute atomic E-state index is 0.212. The zero-order valence-corrected chi connectivity index (χ0v) is 12.3. The van der Waals surface area contributed by atoms with Crippen molar-refractivity contribution in [2.45, 2.75) is 65.5 Å². The molecule has 1 aliphatic heterocycles. The van der Waals surface area contributed by atoms with Gasteiger partial charge in [-0.05, 0) is 47.0 Å². The zero-order chi connectivity index (χ0) is 13.8. The Kier molecular flexibility index (Phi) is 5.17. The number of likely N-dealkylation sites (tertiary alicyclic amines) is 1. The molecule has 1 rings (SSSR count). The molecule has 0 aromatic heterocycles. The molecule has 0 N–H and O–H groups in total. The van der Waals surface area contributed by atoms with E-state index in [1.54, 1.807) is 4.90 Å². The van der Waals surface area contributed by atoms with Gasteiger partial charge in [-0.3, -0.25) is 4.99 Å². The third kappa shape index (κ3) is 5.07. The molecule has 0 aromatic carbocycles. The summed E-state index contributed by atoms with van der Waals surface area (Å²) in [5.41, 5.74) is 0.734. The second kappa shape index (κ2) is 6.21. The number of ether oxygens (including phenoxy) is 1. The van der Waals surface area contributed by atoms with Gasteiger partial charge in [-0.25, -0.2) is 4.79 Å². The molecular weight excluding hydrogens is 228 g/mol. The molecule has 4 heteroatoms. The van der Waals surface area contributed by atoms with Gasteiger partial charge in [-0.2, -0.15) is 0 Å². The summed E-state index contributed by atoms with van der Waals surface area (Å²) in [4.78, 5) is 18.4. The quantitative estimate of drug-likeness (QED) is 0.710. The standard InChI is InChI=1S/C14H26N2O2/c1-6-11(2)15-12-8-7-9-16(10-12)13(17)18-14(3,4)5/h12H,6-10H2,1-5H3. The maximum absolute atomic E-state index is 12.0. The van der Waals surface area contributed by atoms with Crippen LogP contribution in [0.1, 0.15) is 53.9 Å². The number of carbonyl (C=O) groups is 1. The van der Waals surface area contributed by atoms with Gasteiger partial charge in [0.05, 0.1) is 6.04 Å². The summed E-state index contributed by atoms with van der Waals surface area (Å²) in [6.45, 7) is 11.3. The lowest BCUT2D eigenvalue weighted by Crippen LogP contribution is -2.44. The summed E-state index contributed by atoms with van der Waals surface area (Å²) < 4.78 is 5.40. The Morgan fingerprint density at radius 2 is 2.11 bits per heavy atom. The number of carbonyl (C=O) groups excluding carboxylic acids is 1. The van der Waals surface area contributed by atoms with Gasteiger partial charge in [0, 0.05) is 18.8 Å². The molecule has 1 heterocycles. The monoisotopic (exact) mass is 254 g/mol. The molecule has 18 heavy (non-hydrogen) atoms. The number of nitrogens with zero attached hydrogens (tertiary/aromatic N) is 2. The highest BCUT2D eigenvalue weighted by Gasteiger charge is 2.27. The molecule has 0 aromatic rings. The van der Waals surface area contributed by atoms with E-state index in [1.165, 1.54) is 0 Å². The van der Waals surface area contributed by atoms with E-state index >= 15 is 0 Å². The Hall–Kier alpha value is -1.06. The van der Waals surface area contributed by atoms with Crippen LogP contribution in [0.2, 0.25) is 0 Å². The van der Waals surface area contributed by atoms with Gasteiger partial charge in [-0.1, -0.05) is 6.92 Å². The Labute approximate surface area is 110 Å². The fraction of sp³-hybridized carbons (Fsp3) is 0.857. The van der Waals surface area contributed by atoms with Crippen LogP contribution >= 0.6 is 0 Å². The highest BCUT2D eigenvalue weighted by molar-refractivity contribution is 5.81. The van der Waals surface area contributed by atoms with Crippen LogP contribution in [0.15, 0.2) is 4.99 Å². The van der Waals surface area contributed by atoms with Crippen molar-refractivity contribution in [2.24, 2.45) is 4.99 Å². The Balaban J connectivity index is 2.56. The van der Waals surface area contributed by atoms with Gasteiger partial charge >= 0.3 is 6.09 Å². The van der Waals surface area contributed by atoms with E-state index in [4.69, 9.17) is 4.74 Å². The van der Waals surface area contributed by atoms with Crippen LogP contribution in [0, 0.1) is 0 Å². The highest BCUT2D eigenvalue weighted by atomic mass is 16.6. The topological polar surface area (TPSA) is 41.9 Å². The van der Waals surface area contributed by atoms with Crippen molar-refractivity contribution < 1.29 is 9.53 Å². The molecular formula is C14H26N2O2. The largest absolute Gasteiger partial charge is 0.444 e. The fourth-order valence-corrected chi connectivity index (χ4v) is 1.96. The second-order valence-corrected chi connectivity index (χ2v) is 5.94. The van der Waals surface area contributed by atoms with Crippen LogP contribution in [-0.2, 0) is 4.74 Å². The Morgan fingerprint density at radius 1 is 1.44 bits per heavy atom. The first-order valence-corrected chi connectivity index (χ1v) is 6.83. The lowest BCUT2D eigenvalue weighted by Gasteiger charge is -2.32. The van der Waals surface area contributed by atoms with E-state index < -0.39 is 5.60 Å². The minimum atomic E-state index is -0.424. The van der Waals surface area contributed by atoms with Gasteiger partial charge in [0.1, 0.15) is 5.60 Å². The SMILES string of the molecule is CCC(C)=NC1CCCN(C(=O)OC(C)(C)C)C1. The molecule has 0 spiro atoms. The predicted octanol–water partition coefficient (Wildman–Crippen LogP) is 3.26. The van der Waals surface area contributed by atoms with Crippen molar-refractivity contribution in [3.63, 3.8) is 0 Å². The van der Waals surface area contributed by atoms with Crippen molar-refractivity contribution in [2.75, 3.05) is 13.1 Å². The second-order valence-electron chi connectivity index (χ2n) is 5.94. The number of piperidine rings is 1. The van der Waals surface area contributed by atoms with Crippen molar-refractivity contribution in [3.05, 3.63) is 0 Å². The molecule has 0 bridgehead atoms. The smallest absolute Gasteiger partial charge is 0.410 e. The van der Waals surface area contributed by atoms with Crippen LogP contribution < -0.4 is 0 Å². The van der Waals surface area contributed by atoms with Crippen LogP contribution in [0.3, 0.4) is 0 Å². The summed E-state index contributed by atoms with van der Waals surface area (Å²) in [7, 11) is 0. The summed E-state index contributed by atoms with van der Waals surface area (Å²) in [5.74, 6) is 0. The van der Waals surface area contributed by atoms with Crippen LogP contribution in [0.4, 0.5) is 4.79 Å². The highest BCUT2D eigenvalue weighted by Crippen LogP contribution is 2.17. The summed E-state index contributed by atoms with van der Waals surface area (Å²) in [5, 5.41) is 0. The van der Waals surface area contributed by atoms with Crippen molar-refractivity contribution >= 4 is 11.8 Å². The zero-order valence-electron chi connectivity index (χ0n) is 12.3. The van der Waals surface area contributed by atoms with Gasteiger partial charge < -0.3 is 9.64 Å². The molecule has 1 unspecified atom stereocenters. The number of rotatable bonds is 2. The molecule has 4 nitrogen and oxygen atoms in total. The van der Waals surface area contributed by atoms with Gasteiger partial charge in [0.25, 0.3) is 0 Å². The van der Waals surface area contributed by atoms with Crippen LogP contribution in [-0.4, -0.2) is 41.4 Å². The average molecular weight is 254 g/mol. The molecule has 104 valence electrons. The third-order valence-corrected chi connectivity index (χ3v) is 2.96. The normalized spacial score (nSPS) is 21.9. The number of hydrogen-bond acceptors (Lipinski definition) is 3. The predicted molar refractivity (Wildman–Crippen MR) is 74.2 cm³/mol. The molecule has 0 radical (unpaired) electrons. The third-order valence-electron chi connectivity index (χ3n) is 2.96. The maximum atomic E-state index is 12.0. The van der Waals surface area contributed by atoms with E-state index in [-0.39, 0.29) is 12.1 Å². The molecule has 0 saturated carbocycles. The van der Waals surface area contributed by atoms with Gasteiger partial charge in [-0.15, -0.1) is 0 Å². The van der Waals surface area contributed by atoms with E-state index in [2.05, 4.69) is 11.9 Å². The molecule has 1 saturated heterocycles. The number of amides is 1. The summed E-state index contributed by atoms with van der Waals surface area (Å²) >= 11 is 0. The molecule has 1 fully saturated rings. The lowest BCUT2D eigenvalue weighted by atomic mass is 10.1. The van der Waals surface area contributed by atoms with E-state index in [1.807, 2.05) is 27.7 Å². The van der Waals surface area contributed by atoms with Crippen LogP contribution in [0.25, 0.3) is 0 Å². The number of hydrogen-bond donors (Lipinski definition) is 0. The Bertz CT molecular complexity index is 318. The maximum Gasteiger partial charge on any atom is 0.410 e. The first-order valence-electron chi connectivity index (χ1n) is 6.83. The van der Waals surface area contributed by atoms with E-state index in [9.17, 15) is 4.79 Å². The molecule has 1 atom stereocenters. The van der Waals surface area contributed by atoms with E-state index in [0.717, 1.165) is 31.5 Å². The Morgan fingerprint density at radius 3 is 2.67 bits per heavy atom. The van der Waals surface area contributed by atoms with Crippen molar-refractivity contribution in [1.82, 2.24) is 4.90 Å². The average Bonchev–Trinajstić information content (AvgIpc) is 2.27. The van der Waals surface area contributed by atoms with Crippen molar-refractivity contribution in [1.29, 1.82) is 0 Å². The molecule has 1 amide bonds. The lowest BCUT2D eigenvalue weighted by molar-refractivity contribution is 0.0201. The number of aliphatic imine (C=N–C) groups is 1. The van der Waals surface area contributed by atoms with E-state index in [0.29, 0.717) is 6.54 Å². The van der Waals surface area contributed by atoms with Crippen LogP contribution in [0.5, 0.6) is 0 Å². The molecule has 1 aliphatic rings. The van der Waals surface area contributed by atoms with Gasteiger partial charge in [0.15, 0.2) is 0 Å². The first-order chi connectivity index (χ1) is 8.31. The summed E-state index contributed by atoms with van der Waals surface area (Å²) in [6, 6.07) is 0.242. The van der Waals surface area contributed by atoms with Crippen molar-refractivity contribution in [3.8, 4) is 0 Å². The van der Waals surface area contributed by atoms with Gasteiger partial charge in [0.2, 0.25) is 0 Å². The fourth-order valence-electron chi connectivity index (χ4n) is 1.96.